The molecule has 2 N–H and O–H groups in total. The number of amides is 3. The second-order valence-electron chi connectivity index (χ2n) is 5.81. The van der Waals surface area contributed by atoms with Crippen molar-refractivity contribution in [1.29, 1.82) is 0 Å². The van der Waals surface area contributed by atoms with Gasteiger partial charge >= 0.3 is 6.03 Å². The highest BCUT2D eigenvalue weighted by Crippen LogP contribution is 2.34. The summed E-state index contributed by atoms with van der Waals surface area (Å²) in [5.41, 5.74) is 1.89. The zero-order chi connectivity index (χ0) is 17.8. The molecule has 0 unspecified atom stereocenters. The van der Waals surface area contributed by atoms with Crippen LogP contribution >= 0.6 is 0 Å². The summed E-state index contributed by atoms with van der Waals surface area (Å²) >= 11 is 0. The Morgan fingerprint density at radius 3 is 2.68 bits per heavy atom. The van der Waals surface area contributed by atoms with Gasteiger partial charge in [-0.15, -0.1) is 0 Å². The van der Waals surface area contributed by atoms with Gasteiger partial charge in [-0.3, -0.25) is 9.69 Å². The molecule has 6 nitrogen and oxygen atoms in total. The Bertz CT molecular complexity index is 791. The maximum Gasteiger partial charge on any atom is 0.327 e. The lowest BCUT2D eigenvalue weighted by Gasteiger charge is -2.36. The molecule has 0 saturated heterocycles. The number of carbonyl (C=O) groups is 2. The van der Waals surface area contributed by atoms with E-state index in [0.717, 1.165) is 6.42 Å². The largest absolute Gasteiger partial charge is 0.495 e. The number of nitrogens with one attached hydrogen (secondary N) is 2. The molecule has 130 valence electrons. The first kappa shape index (κ1) is 16.8. The van der Waals surface area contributed by atoms with Crippen LogP contribution in [0, 0.1) is 0 Å². The van der Waals surface area contributed by atoms with Gasteiger partial charge in [0.05, 0.1) is 24.2 Å². The topological polar surface area (TPSA) is 70.7 Å². The highest BCUT2D eigenvalue weighted by atomic mass is 16.5. The minimum absolute atomic E-state index is 0.171. The van der Waals surface area contributed by atoms with Gasteiger partial charge in [0.25, 0.3) is 0 Å². The van der Waals surface area contributed by atoms with E-state index in [1.54, 1.807) is 25.3 Å². The molecule has 25 heavy (non-hydrogen) atoms. The second kappa shape index (κ2) is 7.25. The molecule has 0 bridgehead atoms. The van der Waals surface area contributed by atoms with E-state index < -0.39 is 6.04 Å². The molecule has 2 aromatic carbocycles. The van der Waals surface area contributed by atoms with Crippen molar-refractivity contribution in [3.8, 4) is 5.75 Å². The van der Waals surface area contributed by atoms with Crippen LogP contribution in [-0.2, 0) is 4.79 Å². The summed E-state index contributed by atoms with van der Waals surface area (Å²) in [6.07, 6.45) is 1.37. The number of hydrogen-bond acceptors (Lipinski definition) is 3. The molecule has 1 atom stereocenters. The van der Waals surface area contributed by atoms with Crippen LogP contribution in [0.4, 0.5) is 21.9 Å². The van der Waals surface area contributed by atoms with Crippen molar-refractivity contribution in [3.63, 3.8) is 0 Å². The molecule has 0 saturated carbocycles. The number of urea groups is 1. The number of fused-ring (bicyclic) bond motifs is 1. The van der Waals surface area contributed by atoms with Crippen LogP contribution < -0.4 is 20.3 Å². The first-order valence-electron chi connectivity index (χ1n) is 8.28. The molecular weight excluding hydrogens is 318 g/mol. The highest BCUT2D eigenvalue weighted by Gasteiger charge is 2.36. The number of carbonyl (C=O) groups excluding carboxylic acids is 2. The van der Waals surface area contributed by atoms with Crippen molar-refractivity contribution in [1.82, 2.24) is 0 Å². The molecular formula is C19H21N3O3. The smallest absolute Gasteiger partial charge is 0.327 e. The number of para-hydroxylation sites is 4. The number of benzene rings is 2. The quantitative estimate of drug-likeness (QED) is 0.889. The van der Waals surface area contributed by atoms with Crippen LogP contribution in [0.15, 0.2) is 48.5 Å². The standard InChI is InChI=1S/C19H21N3O3/c1-3-8-16-18(23)20-13-9-4-6-11-15(13)22(16)19(24)21-14-10-5-7-12-17(14)25-2/h4-7,9-12,16H,3,8H2,1-2H3,(H,20,23)(H,21,24)/t16-/m0/s1. The molecule has 0 fully saturated rings. The van der Waals surface area contributed by atoms with Crippen LogP contribution in [0.25, 0.3) is 0 Å². The number of anilines is 3. The van der Waals surface area contributed by atoms with E-state index in [-0.39, 0.29) is 11.9 Å². The number of ether oxygens (including phenoxy) is 1. The molecule has 1 aliphatic rings. The van der Waals surface area contributed by atoms with Gasteiger partial charge in [-0.1, -0.05) is 37.6 Å². The zero-order valence-corrected chi connectivity index (χ0v) is 14.3. The molecule has 1 heterocycles. The Kier molecular flexibility index (Phi) is 4.88. The fourth-order valence-electron chi connectivity index (χ4n) is 3.00. The van der Waals surface area contributed by atoms with Gasteiger partial charge in [0.1, 0.15) is 11.8 Å². The van der Waals surface area contributed by atoms with Crippen molar-refractivity contribution in [3.05, 3.63) is 48.5 Å². The van der Waals surface area contributed by atoms with Crippen LogP contribution in [0.1, 0.15) is 19.8 Å². The average molecular weight is 339 g/mol. The SMILES string of the molecule is CCC[C@H]1C(=O)Nc2ccccc2N1C(=O)Nc1ccccc1OC. The van der Waals surface area contributed by atoms with Crippen LogP contribution in [0.2, 0.25) is 0 Å². The summed E-state index contributed by atoms with van der Waals surface area (Å²) in [6, 6.07) is 13.6. The van der Waals surface area contributed by atoms with Gasteiger partial charge in [-0.2, -0.15) is 0 Å². The van der Waals surface area contributed by atoms with E-state index >= 15 is 0 Å². The zero-order valence-electron chi connectivity index (χ0n) is 14.3. The maximum absolute atomic E-state index is 13.0. The van der Waals surface area contributed by atoms with E-state index in [2.05, 4.69) is 10.6 Å². The third-order valence-electron chi connectivity index (χ3n) is 4.17. The van der Waals surface area contributed by atoms with E-state index in [1.165, 1.54) is 4.90 Å². The average Bonchev–Trinajstić information content (AvgIpc) is 2.62. The Labute approximate surface area is 146 Å². The Morgan fingerprint density at radius 1 is 1.20 bits per heavy atom. The molecule has 2 aromatic rings. The van der Waals surface area contributed by atoms with Crippen molar-refractivity contribution >= 4 is 29.0 Å². The summed E-state index contributed by atoms with van der Waals surface area (Å²) in [6.45, 7) is 1.99. The third kappa shape index (κ3) is 3.28. The number of nitrogens with zero attached hydrogens (tertiary/aromatic N) is 1. The number of methoxy groups -OCH3 is 1. The number of hydrogen-bond donors (Lipinski definition) is 2. The van der Waals surface area contributed by atoms with Crippen LogP contribution in [-0.4, -0.2) is 25.1 Å². The monoisotopic (exact) mass is 339 g/mol. The summed E-state index contributed by atoms with van der Waals surface area (Å²) < 4.78 is 5.29. The van der Waals surface area contributed by atoms with Gasteiger partial charge in [0.15, 0.2) is 0 Å². The third-order valence-corrected chi connectivity index (χ3v) is 4.17. The van der Waals surface area contributed by atoms with Crippen molar-refractivity contribution in [2.24, 2.45) is 0 Å². The molecule has 0 aromatic heterocycles. The minimum atomic E-state index is -0.547. The van der Waals surface area contributed by atoms with Gasteiger partial charge in [0.2, 0.25) is 5.91 Å². The fraction of sp³-hybridized carbons (Fsp3) is 0.263. The predicted octanol–water partition coefficient (Wildman–Crippen LogP) is 3.85. The Balaban J connectivity index is 1.96. The van der Waals surface area contributed by atoms with E-state index in [9.17, 15) is 9.59 Å². The lowest BCUT2D eigenvalue weighted by Crippen LogP contribution is -2.52. The lowest BCUT2D eigenvalue weighted by molar-refractivity contribution is -0.117. The van der Waals surface area contributed by atoms with Crippen molar-refractivity contribution in [2.75, 3.05) is 22.6 Å². The predicted molar refractivity (Wildman–Crippen MR) is 98.3 cm³/mol. The summed E-state index contributed by atoms with van der Waals surface area (Å²) in [4.78, 5) is 27.0. The first-order chi connectivity index (χ1) is 12.2. The summed E-state index contributed by atoms with van der Waals surface area (Å²) in [5, 5.41) is 5.74. The number of rotatable bonds is 4. The highest BCUT2D eigenvalue weighted by molar-refractivity contribution is 6.14. The van der Waals surface area contributed by atoms with Gasteiger partial charge in [-0.25, -0.2) is 4.79 Å². The van der Waals surface area contributed by atoms with Gasteiger partial charge < -0.3 is 15.4 Å². The second-order valence-corrected chi connectivity index (χ2v) is 5.81. The molecule has 3 amide bonds. The molecule has 6 heteroatoms. The summed E-state index contributed by atoms with van der Waals surface area (Å²) in [7, 11) is 1.55. The van der Waals surface area contributed by atoms with E-state index in [0.29, 0.717) is 29.2 Å². The normalized spacial score (nSPS) is 16.0. The molecule has 1 aliphatic heterocycles. The van der Waals surface area contributed by atoms with E-state index in [1.807, 2.05) is 37.3 Å². The van der Waals surface area contributed by atoms with Crippen molar-refractivity contribution < 1.29 is 14.3 Å². The Hall–Kier alpha value is -3.02. The summed E-state index contributed by atoms with van der Waals surface area (Å²) in [5.74, 6) is 0.397. The van der Waals surface area contributed by atoms with Crippen LogP contribution in [0.5, 0.6) is 5.75 Å². The molecule has 0 spiro atoms. The fourth-order valence-corrected chi connectivity index (χ4v) is 3.00. The molecule has 0 radical (unpaired) electrons. The van der Waals surface area contributed by atoms with Gasteiger partial charge in [0, 0.05) is 0 Å². The minimum Gasteiger partial charge on any atom is -0.495 e. The van der Waals surface area contributed by atoms with Gasteiger partial charge in [-0.05, 0) is 30.7 Å². The molecule has 3 rings (SSSR count). The van der Waals surface area contributed by atoms with E-state index in [4.69, 9.17) is 4.74 Å². The van der Waals surface area contributed by atoms with Crippen molar-refractivity contribution in [2.45, 2.75) is 25.8 Å². The lowest BCUT2D eigenvalue weighted by atomic mass is 10.0. The molecule has 0 aliphatic carbocycles. The maximum atomic E-state index is 13.0. The first-order valence-corrected chi connectivity index (χ1v) is 8.28. The van der Waals surface area contributed by atoms with Crippen LogP contribution in [0.3, 0.4) is 0 Å². The Morgan fingerprint density at radius 2 is 1.92 bits per heavy atom.